The molecule has 0 aliphatic carbocycles. The third-order valence-electron chi connectivity index (χ3n) is 3.93. The zero-order valence-electron chi connectivity index (χ0n) is 12.4. The number of nitrogens with one attached hydrogen (secondary N) is 1. The van der Waals surface area contributed by atoms with E-state index in [9.17, 15) is 0 Å². The van der Waals surface area contributed by atoms with Crippen molar-refractivity contribution in [2.45, 2.75) is 50.1 Å². The van der Waals surface area contributed by atoms with Gasteiger partial charge in [-0.25, -0.2) is 0 Å². The van der Waals surface area contributed by atoms with Gasteiger partial charge in [-0.1, -0.05) is 6.07 Å². The van der Waals surface area contributed by atoms with Crippen molar-refractivity contribution in [3.8, 4) is 0 Å². The molecule has 1 heterocycles. The van der Waals surface area contributed by atoms with Gasteiger partial charge in [0, 0.05) is 29.2 Å². The van der Waals surface area contributed by atoms with Crippen molar-refractivity contribution in [3.05, 3.63) is 24.3 Å². The van der Waals surface area contributed by atoms with Crippen LogP contribution in [-0.4, -0.2) is 36.3 Å². The first-order chi connectivity index (χ1) is 9.19. The first-order valence-corrected chi connectivity index (χ1v) is 8.56. The van der Waals surface area contributed by atoms with E-state index in [-0.39, 0.29) is 0 Å². The molecule has 0 spiro atoms. The Bertz CT molecular complexity index is 392. The number of likely N-dealkylation sites (tertiary alicyclic amines) is 1. The van der Waals surface area contributed by atoms with Gasteiger partial charge in [-0.3, -0.25) is 0 Å². The lowest BCUT2D eigenvalue weighted by molar-refractivity contribution is 0.230. The van der Waals surface area contributed by atoms with Gasteiger partial charge in [0.25, 0.3) is 0 Å². The van der Waals surface area contributed by atoms with E-state index in [0.29, 0.717) is 12.1 Å². The van der Waals surface area contributed by atoms with Gasteiger partial charge in [0.2, 0.25) is 0 Å². The van der Waals surface area contributed by atoms with Gasteiger partial charge >= 0.3 is 0 Å². The number of benzene rings is 1. The Labute approximate surface area is 122 Å². The minimum Gasteiger partial charge on any atom is -0.382 e. The molecule has 1 saturated heterocycles. The molecule has 2 nitrogen and oxygen atoms in total. The number of anilines is 1. The van der Waals surface area contributed by atoms with Crippen molar-refractivity contribution in [1.82, 2.24) is 4.90 Å². The maximum atomic E-state index is 3.72. The van der Waals surface area contributed by atoms with Gasteiger partial charge in [0.05, 0.1) is 0 Å². The van der Waals surface area contributed by atoms with Crippen molar-refractivity contribution in [2.75, 3.05) is 24.7 Å². The summed E-state index contributed by atoms with van der Waals surface area (Å²) in [5.41, 5.74) is 1.27. The monoisotopic (exact) mass is 278 g/mol. The quantitative estimate of drug-likeness (QED) is 0.835. The van der Waals surface area contributed by atoms with E-state index < -0.39 is 0 Å². The first kappa shape index (κ1) is 14.7. The summed E-state index contributed by atoms with van der Waals surface area (Å²) in [6, 6.07) is 10.1. The predicted molar refractivity (Wildman–Crippen MR) is 86.2 cm³/mol. The van der Waals surface area contributed by atoms with E-state index in [4.69, 9.17) is 0 Å². The molecule has 2 rings (SSSR count). The van der Waals surface area contributed by atoms with Crippen LogP contribution in [0.2, 0.25) is 0 Å². The highest BCUT2D eigenvalue weighted by Crippen LogP contribution is 2.22. The topological polar surface area (TPSA) is 15.3 Å². The summed E-state index contributed by atoms with van der Waals surface area (Å²) in [5.74, 6) is 0. The van der Waals surface area contributed by atoms with Crippen LogP contribution < -0.4 is 5.32 Å². The number of thioether (sulfide) groups is 1. The number of hydrogen-bond acceptors (Lipinski definition) is 3. The molecule has 106 valence electrons. The SMILES string of the molecule is CSc1cccc(NC2CCCN(C(C)C)CC2)c1. The van der Waals surface area contributed by atoms with E-state index in [1.54, 1.807) is 11.8 Å². The van der Waals surface area contributed by atoms with Gasteiger partial charge in [-0.05, 0) is 64.1 Å². The maximum Gasteiger partial charge on any atom is 0.0353 e. The standard InChI is InChI=1S/C16H26N2S/c1-13(2)18-10-5-7-14(9-11-18)17-15-6-4-8-16(12-15)19-3/h4,6,8,12-14,17H,5,7,9-11H2,1-3H3. The second-order valence-electron chi connectivity index (χ2n) is 5.63. The lowest BCUT2D eigenvalue weighted by Gasteiger charge is -2.24. The van der Waals surface area contributed by atoms with Crippen LogP contribution in [0.15, 0.2) is 29.2 Å². The third-order valence-corrected chi connectivity index (χ3v) is 4.66. The fourth-order valence-electron chi connectivity index (χ4n) is 2.73. The Kier molecular flexibility index (Phi) is 5.59. The summed E-state index contributed by atoms with van der Waals surface area (Å²) in [5, 5.41) is 3.72. The smallest absolute Gasteiger partial charge is 0.0353 e. The Hall–Kier alpha value is -0.670. The number of nitrogens with zero attached hydrogens (tertiary/aromatic N) is 1. The molecule has 0 amide bonds. The molecule has 1 unspecified atom stereocenters. The summed E-state index contributed by atoms with van der Waals surface area (Å²) in [6.45, 7) is 7.07. The highest BCUT2D eigenvalue weighted by Gasteiger charge is 2.18. The van der Waals surface area contributed by atoms with Crippen LogP contribution in [0.5, 0.6) is 0 Å². The van der Waals surface area contributed by atoms with Gasteiger partial charge in [-0.2, -0.15) is 0 Å². The number of rotatable bonds is 4. The molecular weight excluding hydrogens is 252 g/mol. The molecule has 0 aromatic heterocycles. The minimum atomic E-state index is 0.626. The maximum absolute atomic E-state index is 3.72. The van der Waals surface area contributed by atoms with Gasteiger partial charge in [0.15, 0.2) is 0 Å². The number of hydrogen-bond donors (Lipinski definition) is 1. The molecule has 1 N–H and O–H groups in total. The van der Waals surface area contributed by atoms with Crippen LogP contribution in [0, 0.1) is 0 Å². The Morgan fingerprint density at radius 2 is 2.11 bits per heavy atom. The fraction of sp³-hybridized carbons (Fsp3) is 0.625. The second kappa shape index (κ2) is 7.20. The summed E-state index contributed by atoms with van der Waals surface area (Å²) in [4.78, 5) is 3.93. The molecule has 19 heavy (non-hydrogen) atoms. The molecule has 3 heteroatoms. The van der Waals surface area contributed by atoms with E-state index in [1.165, 1.54) is 42.9 Å². The van der Waals surface area contributed by atoms with E-state index in [2.05, 4.69) is 54.6 Å². The summed E-state index contributed by atoms with van der Waals surface area (Å²) < 4.78 is 0. The lowest BCUT2D eigenvalue weighted by atomic mass is 10.1. The third kappa shape index (κ3) is 4.43. The highest BCUT2D eigenvalue weighted by atomic mass is 32.2. The molecule has 1 aliphatic heterocycles. The zero-order chi connectivity index (χ0) is 13.7. The predicted octanol–water partition coefficient (Wildman–Crippen LogP) is 4.08. The zero-order valence-corrected chi connectivity index (χ0v) is 13.2. The molecule has 1 atom stereocenters. The van der Waals surface area contributed by atoms with Crippen LogP contribution >= 0.6 is 11.8 Å². The van der Waals surface area contributed by atoms with Gasteiger partial charge in [0.1, 0.15) is 0 Å². The second-order valence-corrected chi connectivity index (χ2v) is 6.51. The van der Waals surface area contributed by atoms with Crippen molar-refractivity contribution in [3.63, 3.8) is 0 Å². The average Bonchev–Trinajstić information content (AvgIpc) is 2.65. The van der Waals surface area contributed by atoms with Crippen LogP contribution in [0.25, 0.3) is 0 Å². The van der Waals surface area contributed by atoms with Crippen molar-refractivity contribution in [2.24, 2.45) is 0 Å². The summed E-state index contributed by atoms with van der Waals surface area (Å²) >= 11 is 1.81. The Morgan fingerprint density at radius 1 is 1.26 bits per heavy atom. The molecule has 1 fully saturated rings. The van der Waals surface area contributed by atoms with Gasteiger partial charge in [-0.15, -0.1) is 11.8 Å². The van der Waals surface area contributed by atoms with E-state index in [0.717, 1.165) is 0 Å². The Morgan fingerprint density at radius 3 is 2.84 bits per heavy atom. The van der Waals surface area contributed by atoms with E-state index in [1.807, 2.05) is 0 Å². The van der Waals surface area contributed by atoms with Crippen LogP contribution in [0.4, 0.5) is 5.69 Å². The molecule has 0 radical (unpaired) electrons. The average molecular weight is 278 g/mol. The molecular formula is C16H26N2S. The molecule has 1 aromatic carbocycles. The fourth-order valence-corrected chi connectivity index (χ4v) is 3.19. The van der Waals surface area contributed by atoms with Crippen molar-refractivity contribution in [1.29, 1.82) is 0 Å². The van der Waals surface area contributed by atoms with Crippen LogP contribution in [0.1, 0.15) is 33.1 Å². The van der Waals surface area contributed by atoms with Crippen molar-refractivity contribution >= 4 is 17.4 Å². The largest absolute Gasteiger partial charge is 0.382 e. The highest BCUT2D eigenvalue weighted by molar-refractivity contribution is 7.98. The van der Waals surface area contributed by atoms with Crippen LogP contribution in [-0.2, 0) is 0 Å². The Balaban J connectivity index is 1.92. The van der Waals surface area contributed by atoms with Crippen molar-refractivity contribution < 1.29 is 0 Å². The molecule has 0 bridgehead atoms. The van der Waals surface area contributed by atoms with Crippen LogP contribution in [0.3, 0.4) is 0 Å². The molecule has 1 aliphatic rings. The first-order valence-electron chi connectivity index (χ1n) is 7.33. The lowest BCUT2D eigenvalue weighted by Crippen LogP contribution is -2.32. The molecule has 1 aromatic rings. The van der Waals surface area contributed by atoms with E-state index >= 15 is 0 Å². The normalized spacial score (nSPS) is 21.4. The minimum absolute atomic E-state index is 0.626. The molecule has 0 saturated carbocycles. The summed E-state index contributed by atoms with van der Waals surface area (Å²) in [7, 11) is 0. The summed E-state index contributed by atoms with van der Waals surface area (Å²) in [6.07, 6.45) is 5.97. The van der Waals surface area contributed by atoms with Gasteiger partial charge < -0.3 is 10.2 Å².